The highest BCUT2D eigenvalue weighted by Crippen LogP contribution is 2.39. The summed E-state index contributed by atoms with van der Waals surface area (Å²) in [7, 11) is -9.10. The normalized spacial score (nSPS) is 14.6. The fourth-order valence-corrected chi connectivity index (χ4v) is 11.5. The quantitative estimate of drug-likeness (QED) is 0.0341. The molecule has 1 saturated heterocycles. The number of piperidine rings is 1. The highest BCUT2D eigenvalue weighted by Gasteiger charge is 2.48. The SMILES string of the molecule is CN(CCCCCCCC(=O)O)CCC(CSc1ccccc1)Nc1ccc(S(=O)(=O)NC(=O)c2ccc(N3CCC(C(O)c4ccccc4-c4ccc(Cl)cc4)CC3)cc2)cc1S(=O)(=O)C(F)(F)F. The lowest BCUT2D eigenvalue weighted by Gasteiger charge is -2.36. The number of thioether (sulfide) groups is 1. The van der Waals surface area contributed by atoms with Crippen molar-refractivity contribution in [3.63, 3.8) is 0 Å². The van der Waals surface area contributed by atoms with E-state index < -0.39 is 64.9 Å². The molecule has 1 heterocycles. The Morgan fingerprint density at radius 1 is 0.829 bits per heavy atom. The number of carbonyl (C=O) groups excluding carboxylic acids is 1. The number of sulfonamides is 1. The summed E-state index contributed by atoms with van der Waals surface area (Å²) in [5.74, 6) is -1.60. The number of aliphatic carboxylic acids is 1. The van der Waals surface area contributed by atoms with Crippen LogP contribution in [0.5, 0.6) is 0 Å². The van der Waals surface area contributed by atoms with Crippen LogP contribution in [0.3, 0.4) is 0 Å². The van der Waals surface area contributed by atoms with Gasteiger partial charge in [-0.3, -0.25) is 9.59 Å². The number of rotatable bonds is 24. The lowest BCUT2D eigenvalue weighted by Crippen LogP contribution is -2.36. The van der Waals surface area contributed by atoms with Crippen LogP contribution in [-0.2, 0) is 24.7 Å². The van der Waals surface area contributed by atoms with Gasteiger partial charge < -0.3 is 25.3 Å². The van der Waals surface area contributed by atoms with E-state index >= 15 is 0 Å². The van der Waals surface area contributed by atoms with Gasteiger partial charge in [0.25, 0.3) is 25.8 Å². The lowest BCUT2D eigenvalue weighted by atomic mass is 9.84. The molecule has 1 aliphatic rings. The minimum atomic E-state index is -6.11. The Morgan fingerprint density at radius 3 is 2.14 bits per heavy atom. The van der Waals surface area contributed by atoms with Crippen molar-refractivity contribution in [2.75, 3.05) is 49.2 Å². The van der Waals surface area contributed by atoms with E-state index in [2.05, 4.69) is 15.1 Å². The number of alkyl halides is 3. The summed E-state index contributed by atoms with van der Waals surface area (Å²) in [6.07, 6.45) is 5.19. The predicted molar refractivity (Wildman–Crippen MR) is 270 cm³/mol. The van der Waals surface area contributed by atoms with Crippen molar-refractivity contribution >= 4 is 66.5 Å². The van der Waals surface area contributed by atoms with Crippen molar-refractivity contribution in [3.05, 3.63) is 137 Å². The summed E-state index contributed by atoms with van der Waals surface area (Å²) >= 11 is 7.52. The van der Waals surface area contributed by atoms with Crippen molar-refractivity contribution in [1.29, 1.82) is 0 Å². The first-order valence-electron chi connectivity index (χ1n) is 23.1. The number of carbonyl (C=O) groups is 2. The van der Waals surface area contributed by atoms with Gasteiger partial charge in [-0.05, 0) is 142 Å². The monoisotopic (exact) mass is 1040 g/mol. The molecule has 5 aromatic carbocycles. The molecule has 1 fully saturated rings. The summed E-state index contributed by atoms with van der Waals surface area (Å²) in [6, 6.07) is 32.4. The number of hydrogen-bond donors (Lipinski definition) is 4. The number of nitrogens with zero attached hydrogens (tertiary/aromatic N) is 2. The molecule has 0 saturated carbocycles. The van der Waals surface area contributed by atoms with Gasteiger partial charge in [0.15, 0.2) is 0 Å². The average Bonchev–Trinajstić information content (AvgIpc) is 3.34. The van der Waals surface area contributed by atoms with E-state index in [9.17, 15) is 44.7 Å². The zero-order chi connectivity index (χ0) is 50.5. The van der Waals surface area contributed by atoms with Crippen LogP contribution < -0.4 is 14.9 Å². The van der Waals surface area contributed by atoms with Gasteiger partial charge in [-0.15, -0.1) is 11.8 Å². The van der Waals surface area contributed by atoms with Gasteiger partial charge in [0.05, 0.1) is 16.7 Å². The topological polar surface area (TPSA) is 173 Å². The number of carboxylic acid groups (broad SMARTS) is 1. The van der Waals surface area contributed by atoms with E-state index in [-0.39, 0.29) is 17.9 Å². The van der Waals surface area contributed by atoms with E-state index in [1.807, 2.05) is 90.6 Å². The lowest BCUT2D eigenvalue weighted by molar-refractivity contribution is -0.137. The number of anilines is 2. The second kappa shape index (κ2) is 24.8. The molecule has 0 aromatic heterocycles. The molecule has 0 aliphatic carbocycles. The number of amides is 1. The molecule has 19 heteroatoms. The van der Waals surface area contributed by atoms with E-state index in [0.717, 1.165) is 65.1 Å². The second-order valence-corrected chi connectivity index (χ2v) is 22.5. The standard InChI is InChI=1S/C51H58ClF3N4O8S3/c1-58(30-11-4-2-3-8-16-48(60)61)31-29-40(35-68-42-12-6-5-7-13-42)56-46-26-25-43(34-47(46)69(64,65)51(53,54)55)70(66,67)57-50(63)38-19-23-41(24-20-38)59-32-27-37(28-33-59)49(62)45-15-10-9-14-44(45)36-17-21-39(52)22-18-36/h5-7,9-10,12-15,17-26,34,37,40,49,56,62H,2-4,8,11,16,27-33,35H2,1H3,(H,57,63)(H,60,61). The summed E-state index contributed by atoms with van der Waals surface area (Å²) in [5, 5.41) is 24.0. The smallest absolute Gasteiger partial charge is 0.481 e. The molecular weight excluding hydrogens is 985 g/mol. The molecule has 376 valence electrons. The van der Waals surface area contributed by atoms with Crippen LogP contribution in [0.4, 0.5) is 24.5 Å². The number of aliphatic hydroxyl groups excluding tert-OH is 1. The summed E-state index contributed by atoms with van der Waals surface area (Å²) in [5.41, 5.74) is -2.83. The summed E-state index contributed by atoms with van der Waals surface area (Å²) in [4.78, 5) is 27.0. The minimum absolute atomic E-state index is 0.0275. The number of sulfone groups is 1. The van der Waals surface area contributed by atoms with E-state index in [1.54, 1.807) is 12.1 Å². The molecular formula is C51H58ClF3N4O8S3. The van der Waals surface area contributed by atoms with Crippen LogP contribution in [0.2, 0.25) is 5.02 Å². The van der Waals surface area contributed by atoms with Crippen LogP contribution in [0.15, 0.2) is 136 Å². The Labute approximate surface area is 417 Å². The van der Waals surface area contributed by atoms with Crippen molar-refractivity contribution in [3.8, 4) is 11.1 Å². The van der Waals surface area contributed by atoms with Crippen molar-refractivity contribution in [1.82, 2.24) is 9.62 Å². The fraction of sp³-hybridized carbons (Fsp3) is 0.373. The van der Waals surface area contributed by atoms with Gasteiger partial charge in [-0.1, -0.05) is 85.5 Å². The minimum Gasteiger partial charge on any atom is -0.481 e. The molecule has 0 bridgehead atoms. The third-order valence-electron chi connectivity index (χ3n) is 12.3. The maximum Gasteiger partial charge on any atom is 0.501 e. The van der Waals surface area contributed by atoms with Crippen molar-refractivity contribution in [2.45, 2.75) is 90.1 Å². The van der Waals surface area contributed by atoms with Gasteiger partial charge in [0.2, 0.25) is 0 Å². The van der Waals surface area contributed by atoms with Gasteiger partial charge in [0.1, 0.15) is 4.90 Å². The first-order chi connectivity index (χ1) is 33.3. The van der Waals surface area contributed by atoms with Crippen LogP contribution in [-0.4, -0.2) is 94.4 Å². The fourth-order valence-electron chi connectivity index (χ4n) is 8.38. The van der Waals surface area contributed by atoms with E-state index in [0.29, 0.717) is 68.7 Å². The Bertz CT molecular complexity index is 2750. The second-order valence-electron chi connectivity index (χ2n) is 17.4. The molecule has 0 radical (unpaired) electrons. The zero-order valence-corrected chi connectivity index (χ0v) is 41.9. The molecule has 12 nitrogen and oxygen atoms in total. The molecule has 2 atom stereocenters. The number of unbranched alkanes of at least 4 members (excludes halogenated alkanes) is 4. The van der Waals surface area contributed by atoms with E-state index in [1.165, 1.54) is 23.9 Å². The van der Waals surface area contributed by atoms with Crippen LogP contribution >= 0.6 is 23.4 Å². The molecule has 2 unspecified atom stereocenters. The molecule has 1 aliphatic heterocycles. The van der Waals surface area contributed by atoms with Gasteiger partial charge >= 0.3 is 11.5 Å². The van der Waals surface area contributed by atoms with Crippen LogP contribution in [0, 0.1) is 5.92 Å². The molecule has 4 N–H and O–H groups in total. The van der Waals surface area contributed by atoms with Gasteiger partial charge in [-0.25, -0.2) is 21.6 Å². The van der Waals surface area contributed by atoms with Crippen LogP contribution in [0.1, 0.15) is 79.8 Å². The van der Waals surface area contributed by atoms with E-state index in [4.69, 9.17) is 16.7 Å². The van der Waals surface area contributed by atoms with Crippen molar-refractivity contribution < 1.29 is 49.8 Å². The average molecular weight is 1040 g/mol. The van der Waals surface area contributed by atoms with Crippen molar-refractivity contribution in [2.24, 2.45) is 5.92 Å². The Morgan fingerprint density at radius 2 is 1.47 bits per heavy atom. The number of hydrogen-bond acceptors (Lipinski definition) is 11. The molecule has 0 spiro atoms. The summed E-state index contributed by atoms with van der Waals surface area (Å²) < 4.78 is 98.1. The largest absolute Gasteiger partial charge is 0.501 e. The Kier molecular flexibility index (Phi) is 19.2. The highest BCUT2D eigenvalue weighted by atomic mass is 35.5. The van der Waals surface area contributed by atoms with Crippen LogP contribution in [0.25, 0.3) is 11.1 Å². The maximum atomic E-state index is 14.3. The molecule has 1 amide bonds. The third kappa shape index (κ3) is 15.0. The third-order valence-corrected chi connectivity index (χ3v) is 16.6. The first kappa shape index (κ1) is 54.2. The summed E-state index contributed by atoms with van der Waals surface area (Å²) in [6.45, 7) is 2.41. The Balaban J connectivity index is 1.11. The number of nitrogens with one attached hydrogen (secondary N) is 2. The zero-order valence-electron chi connectivity index (χ0n) is 38.7. The van der Waals surface area contributed by atoms with Gasteiger partial charge in [-0.2, -0.15) is 13.2 Å². The Hall–Kier alpha value is -5.11. The molecule has 70 heavy (non-hydrogen) atoms. The maximum absolute atomic E-state index is 14.3. The molecule has 6 rings (SSSR count). The first-order valence-corrected chi connectivity index (χ1v) is 27.4. The van der Waals surface area contributed by atoms with Gasteiger partial charge in [0, 0.05) is 52.5 Å². The highest BCUT2D eigenvalue weighted by molar-refractivity contribution is 7.99. The number of benzene rings is 5. The predicted octanol–water partition coefficient (Wildman–Crippen LogP) is 10.7. The number of carboxylic acids is 1. The molecule has 5 aromatic rings. The number of aliphatic hydroxyl groups is 1. The number of halogens is 4.